The summed E-state index contributed by atoms with van der Waals surface area (Å²) in [5, 5.41) is 0. The van der Waals surface area contributed by atoms with Crippen molar-refractivity contribution >= 4 is 0 Å². The summed E-state index contributed by atoms with van der Waals surface area (Å²) in [5.74, 6) is -0.130. The fraction of sp³-hybridized carbons (Fsp3) is 0.438. The highest BCUT2D eigenvalue weighted by molar-refractivity contribution is 5.21. The van der Waals surface area contributed by atoms with Crippen LogP contribution < -0.4 is 0 Å². The van der Waals surface area contributed by atoms with Crippen LogP contribution in [0.15, 0.2) is 84.9 Å². The fourth-order valence-corrected chi connectivity index (χ4v) is 6.47. The lowest BCUT2D eigenvalue weighted by atomic mass is 9.71. The molecule has 3 heteroatoms. The lowest BCUT2D eigenvalue weighted by Gasteiger charge is -2.39. The van der Waals surface area contributed by atoms with Crippen molar-refractivity contribution in [1.82, 2.24) is 9.80 Å². The Morgan fingerprint density at radius 1 is 0.686 bits per heavy atom. The monoisotopic (exact) mass is 470 g/mol. The van der Waals surface area contributed by atoms with E-state index in [-0.39, 0.29) is 5.82 Å². The van der Waals surface area contributed by atoms with E-state index in [2.05, 4.69) is 70.5 Å². The van der Waals surface area contributed by atoms with E-state index < -0.39 is 0 Å². The molecule has 2 fully saturated rings. The van der Waals surface area contributed by atoms with Crippen molar-refractivity contribution < 1.29 is 4.39 Å². The smallest absolute Gasteiger partial charge is 0.123 e. The summed E-state index contributed by atoms with van der Waals surface area (Å²) in [6.45, 7) is 5.26. The molecule has 0 amide bonds. The van der Waals surface area contributed by atoms with Gasteiger partial charge in [-0.05, 0) is 72.8 Å². The Bertz CT molecular complexity index is 1000. The molecule has 3 aromatic rings. The lowest BCUT2D eigenvalue weighted by Crippen LogP contribution is -2.49. The fourth-order valence-electron chi connectivity index (χ4n) is 6.47. The first-order chi connectivity index (χ1) is 17.2. The van der Waals surface area contributed by atoms with Crippen LogP contribution in [0.4, 0.5) is 4.39 Å². The maximum absolute atomic E-state index is 13.6. The molecule has 1 heterocycles. The molecule has 1 saturated carbocycles. The summed E-state index contributed by atoms with van der Waals surface area (Å²) in [4.78, 5) is 5.24. The Kier molecular flexibility index (Phi) is 7.95. The number of benzene rings is 3. The zero-order valence-corrected chi connectivity index (χ0v) is 20.9. The van der Waals surface area contributed by atoms with Crippen LogP contribution in [0, 0.1) is 11.2 Å². The van der Waals surface area contributed by atoms with Crippen LogP contribution in [0.3, 0.4) is 0 Å². The molecule has 184 valence electrons. The number of halogens is 1. The normalized spacial score (nSPS) is 21.5. The van der Waals surface area contributed by atoms with Crippen molar-refractivity contribution in [2.75, 3.05) is 26.2 Å². The second-order valence-corrected chi connectivity index (χ2v) is 10.9. The summed E-state index contributed by atoms with van der Waals surface area (Å²) in [6.07, 6.45) is 8.89. The van der Waals surface area contributed by atoms with Crippen LogP contribution in [0.25, 0.3) is 0 Å². The van der Waals surface area contributed by atoms with Gasteiger partial charge in [0.15, 0.2) is 0 Å². The lowest BCUT2D eigenvalue weighted by molar-refractivity contribution is 0.0830. The predicted molar refractivity (Wildman–Crippen MR) is 143 cm³/mol. The molecular formula is C32H39FN2. The van der Waals surface area contributed by atoms with Gasteiger partial charge in [-0.1, -0.05) is 79.2 Å². The van der Waals surface area contributed by atoms with Crippen LogP contribution in [-0.4, -0.2) is 42.0 Å². The van der Waals surface area contributed by atoms with Crippen LogP contribution in [-0.2, 0) is 19.4 Å². The maximum Gasteiger partial charge on any atom is 0.123 e. The van der Waals surface area contributed by atoms with E-state index in [9.17, 15) is 4.39 Å². The molecule has 1 saturated heterocycles. The number of hydrogen-bond acceptors (Lipinski definition) is 2. The maximum atomic E-state index is 13.6. The molecule has 1 aliphatic carbocycles. The molecule has 0 N–H and O–H groups in total. The highest BCUT2D eigenvalue weighted by Gasteiger charge is 2.35. The molecule has 2 aliphatic rings. The van der Waals surface area contributed by atoms with Gasteiger partial charge in [0, 0.05) is 38.8 Å². The van der Waals surface area contributed by atoms with Crippen molar-refractivity contribution in [3.63, 3.8) is 0 Å². The zero-order chi connectivity index (χ0) is 23.9. The highest BCUT2D eigenvalue weighted by Crippen LogP contribution is 2.42. The zero-order valence-electron chi connectivity index (χ0n) is 20.9. The average molecular weight is 471 g/mol. The molecule has 1 aliphatic heterocycles. The first-order valence-electron chi connectivity index (χ1n) is 13.5. The van der Waals surface area contributed by atoms with Crippen LogP contribution in [0.1, 0.15) is 48.8 Å². The van der Waals surface area contributed by atoms with E-state index in [1.165, 1.54) is 62.1 Å². The van der Waals surface area contributed by atoms with E-state index in [0.29, 0.717) is 11.5 Å². The number of rotatable bonds is 7. The molecule has 1 atom stereocenters. The summed E-state index contributed by atoms with van der Waals surface area (Å²) in [7, 11) is 0. The second kappa shape index (κ2) is 11.5. The van der Waals surface area contributed by atoms with Gasteiger partial charge >= 0.3 is 0 Å². The molecule has 0 aromatic heterocycles. The molecule has 3 aromatic carbocycles. The van der Waals surface area contributed by atoms with E-state index in [0.717, 1.165) is 38.3 Å². The van der Waals surface area contributed by atoms with Gasteiger partial charge in [0.2, 0.25) is 0 Å². The number of nitrogens with zero attached hydrogens (tertiary/aromatic N) is 2. The average Bonchev–Trinajstić information content (AvgIpc) is 3.08. The number of piperazine rings is 1. The van der Waals surface area contributed by atoms with Crippen molar-refractivity contribution in [2.45, 2.75) is 57.5 Å². The molecule has 0 radical (unpaired) electrons. The van der Waals surface area contributed by atoms with E-state index in [1.807, 2.05) is 12.1 Å². The minimum Gasteiger partial charge on any atom is -0.298 e. The van der Waals surface area contributed by atoms with Crippen LogP contribution >= 0.6 is 0 Å². The van der Waals surface area contributed by atoms with Crippen molar-refractivity contribution in [3.05, 3.63) is 107 Å². The summed E-state index contributed by atoms with van der Waals surface area (Å²) >= 11 is 0. The van der Waals surface area contributed by atoms with Gasteiger partial charge in [-0.3, -0.25) is 9.80 Å². The topological polar surface area (TPSA) is 6.48 Å². The Hall–Kier alpha value is -2.49. The SMILES string of the molecule is Fc1cccc(CN2CCN(C3CCCC(Cc4ccccc4)(Cc4ccccc4)CC3)CC2)c1. The minimum atomic E-state index is -0.130. The Morgan fingerprint density at radius 3 is 1.94 bits per heavy atom. The summed E-state index contributed by atoms with van der Waals surface area (Å²) in [5.41, 5.74) is 4.39. The van der Waals surface area contributed by atoms with Crippen molar-refractivity contribution in [1.29, 1.82) is 0 Å². The minimum absolute atomic E-state index is 0.130. The molecule has 5 rings (SSSR count). The first-order valence-corrected chi connectivity index (χ1v) is 13.5. The van der Waals surface area contributed by atoms with Gasteiger partial charge in [-0.25, -0.2) is 4.39 Å². The molecule has 35 heavy (non-hydrogen) atoms. The van der Waals surface area contributed by atoms with Gasteiger partial charge in [0.1, 0.15) is 5.82 Å². The van der Waals surface area contributed by atoms with E-state index in [4.69, 9.17) is 0 Å². The predicted octanol–water partition coefficient (Wildman–Crippen LogP) is 6.75. The van der Waals surface area contributed by atoms with Gasteiger partial charge in [-0.15, -0.1) is 0 Å². The van der Waals surface area contributed by atoms with Crippen LogP contribution in [0.5, 0.6) is 0 Å². The van der Waals surface area contributed by atoms with Gasteiger partial charge in [-0.2, -0.15) is 0 Å². The molecule has 0 bridgehead atoms. The Labute approximate surface area is 210 Å². The van der Waals surface area contributed by atoms with Crippen LogP contribution in [0.2, 0.25) is 0 Å². The van der Waals surface area contributed by atoms with Gasteiger partial charge < -0.3 is 0 Å². The standard InChI is InChI=1S/C32H39FN2/c33-30-14-7-13-29(23-30)26-34-19-21-35(22-20-34)31-15-8-17-32(18-16-31,24-27-9-3-1-4-10-27)25-28-11-5-2-6-12-28/h1-7,9-14,23,31H,8,15-22,24-26H2. The molecule has 0 spiro atoms. The van der Waals surface area contributed by atoms with Gasteiger partial charge in [0.25, 0.3) is 0 Å². The third kappa shape index (κ3) is 6.59. The Morgan fingerprint density at radius 2 is 1.31 bits per heavy atom. The van der Waals surface area contributed by atoms with E-state index in [1.54, 1.807) is 6.07 Å². The third-order valence-corrected chi connectivity index (χ3v) is 8.31. The van der Waals surface area contributed by atoms with E-state index >= 15 is 0 Å². The molecular weight excluding hydrogens is 431 g/mol. The summed E-state index contributed by atoms with van der Waals surface area (Å²) < 4.78 is 13.6. The van der Waals surface area contributed by atoms with Crippen molar-refractivity contribution in [2.24, 2.45) is 5.41 Å². The Balaban J connectivity index is 1.21. The highest BCUT2D eigenvalue weighted by atomic mass is 19.1. The quantitative estimate of drug-likeness (QED) is 0.353. The largest absolute Gasteiger partial charge is 0.298 e. The molecule has 1 unspecified atom stereocenters. The number of hydrogen-bond donors (Lipinski definition) is 0. The van der Waals surface area contributed by atoms with Crippen molar-refractivity contribution in [3.8, 4) is 0 Å². The molecule has 2 nitrogen and oxygen atoms in total. The summed E-state index contributed by atoms with van der Waals surface area (Å²) in [6, 6.07) is 30.0. The third-order valence-electron chi connectivity index (χ3n) is 8.31. The second-order valence-electron chi connectivity index (χ2n) is 10.9. The first kappa shape index (κ1) is 24.2. The van der Waals surface area contributed by atoms with Gasteiger partial charge in [0.05, 0.1) is 0 Å².